The Balaban J connectivity index is 1.33. The molecular weight excluding hydrogens is 424 g/mol. The van der Waals surface area contributed by atoms with Gasteiger partial charge in [-0.05, 0) is 63.7 Å². The molecule has 1 atom stereocenters. The number of aromatic nitrogens is 2. The molecule has 1 aromatic heterocycles. The summed E-state index contributed by atoms with van der Waals surface area (Å²) in [5.41, 5.74) is 2.24. The lowest BCUT2D eigenvalue weighted by atomic mass is 9.89. The summed E-state index contributed by atoms with van der Waals surface area (Å²) in [6, 6.07) is 4.29. The zero-order valence-electron chi connectivity index (χ0n) is 19.1. The van der Waals surface area contributed by atoms with Gasteiger partial charge in [0.25, 0.3) is 0 Å². The molecule has 0 bridgehead atoms. The lowest BCUT2D eigenvalue weighted by Gasteiger charge is -2.33. The molecule has 0 aliphatic carbocycles. The first-order valence-corrected chi connectivity index (χ1v) is 12.2. The Bertz CT molecular complexity index is 947. The minimum atomic E-state index is -0.0650. The summed E-state index contributed by atoms with van der Waals surface area (Å²) in [7, 11) is 1.73. The normalized spacial score (nSPS) is 17.1. The summed E-state index contributed by atoms with van der Waals surface area (Å²) in [4.78, 5) is 24.3. The van der Waals surface area contributed by atoms with Gasteiger partial charge in [-0.1, -0.05) is 18.7 Å². The van der Waals surface area contributed by atoms with E-state index in [0.29, 0.717) is 12.5 Å². The van der Waals surface area contributed by atoms with Gasteiger partial charge in [-0.2, -0.15) is 0 Å². The number of carbonyl (C=O) groups is 1. The molecule has 1 aromatic carbocycles. The lowest BCUT2D eigenvalue weighted by molar-refractivity contribution is -0.147. The molecule has 2 aromatic rings. The minimum absolute atomic E-state index is 0.00655. The first-order chi connectivity index (χ1) is 15.6. The van der Waals surface area contributed by atoms with Crippen molar-refractivity contribution in [3.05, 3.63) is 30.1 Å². The van der Waals surface area contributed by atoms with Crippen LogP contribution in [-0.2, 0) is 16.1 Å². The Morgan fingerprint density at radius 1 is 1.28 bits per heavy atom. The maximum atomic E-state index is 11.8. The number of esters is 1. The molecule has 7 nitrogen and oxygen atoms in total. The smallest absolute Gasteiger partial charge is 0.308 e. The van der Waals surface area contributed by atoms with Crippen molar-refractivity contribution < 1.29 is 14.3 Å². The van der Waals surface area contributed by atoms with E-state index in [9.17, 15) is 4.79 Å². The lowest BCUT2D eigenvalue weighted by Crippen LogP contribution is -2.33. The zero-order valence-corrected chi connectivity index (χ0v) is 19.9. The number of nitrogens with zero attached hydrogens (tertiary/aromatic N) is 3. The summed E-state index contributed by atoms with van der Waals surface area (Å²) in [6.07, 6.45) is 7.76. The number of hydrogen-bond acceptors (Lipinski definition) is 8. The molecule has 0 spiro atoms. The number of carbonyl (C=O) groups excluding carboxylic acids is 1. The number of methoxy groups -OCH3 is 1. The second-order valence-corrected chi connectivity index (χ2v) is 9.58. The second-order valence-electron chi connectivity index (χ2n) is 8.55. The van der Waals surface area contributed by atoms with Crippen molar-refractivity contribution in [1.82, 2.24) is 14.9 Å². The van der Waals surface area contributed by atoms with E-state index in [2.05, 4.69) is 32.3 Å². The van der Waals surface area contributed by atoms with Crippen molar-refractivity contribution in [3.8, 4) is 5.75 Å². The minimum Gasteiger partial charge on any atom is -0.496 e. The van der Waals surface area contributed by atoms with Crippen LogP contribution in [0.5, 0.6) is 5.75 Å². The number of anilines is 2. The Morgan fingerprint density at radius 3 is 2.81 bits per heavy atom. The number of nitrogens with one attached hydrogen (secondary N) is 1. The van der Waals surface area contributed by atoms with Crippen LogP contribution in [0.2, 0.25) is 0 Å². The number of rotatable bonds is 8. The molecule has 4 rings (SSSR count). The van der Waals surface area contributed by atoms with E-state index in [-0.39, 0.29) is 11.9 Å². The predicted octanol–water partition coefficient (Wildman–Crippen LogP) is 4.88. The molecule has 0 amide bonds. The Hall–Kier alpha value is -2.32. The maximum absolute atomic E-state index is 11.8. The van der Waals surface area contributed by atoms with E-state index in [1.807, 2.05) is 13.8 Å². The highest BCUT2D eigenvalue weighted by Gasteiger charge is 2.24. The highest BCUT2D eigenvalue weighted by molar-refractivity contribution is 7.99. The van der Waals surface area contributed by atoms with Crippen LogP contribution < -0.4 is 10.1 Å². The Kier molecular flexibility index (Phi) is 7.52. The highest BCUT2D eigenvalue weighted by Crippen LogP contribution is 2.44. The Morgan fingerprint density at radius 2 is 2.06 bits per heavy atom. The topological polar surface area (TPSA) is 76.6 Å². The average Bonchev–Trinajstić information content (AvgIpc) is 2.81. The molecule has 2 aliphatic heterocycles. The zero-order chi connectivity index (χ0) is 22.5. The molecule has 1 fully saturated rings. The van der Waals surface area contributed by atoms with Crippen molar-refractivity contribution in [2.45, 2.75) is 56.0 Å². The summed E-state index contributed by atoms with van der Waals surface area (Å²) in [6.45, 7) is 7.29. The maximum Gasteiger partial charge on any atom is 0.308 e. The van der Waals surface area contributed by atoms with Crippen LogP contribution in [0.3, 0.4) is 0 Å². The molecule has 0 saturated carbocycles. The van der Waals surface area contributed by atoms with Gasteiger partial charge in [0.15, 0.2) is 5.82 Å². The van der Waals surface area contributed by atoms with E-state index in [1.54, 1.807) is 31.3 Å². The number of benzene rings is 1. The summed E-state index contributed by atoms with van der Waals surface area (Å²) in [5, 5.41) is 4.30. The van der Waals surface area contributed by atoms with Gasteiger partial charge in [-0.3, -0.25) is 9.69 Å². The van der Waals surface area contributed by atoms with Gasteiger partial charge in [0, 0.05) is 29.4 Å². The van der Waals surface area contributed by atoms with Crippen molar-refractivity contribution >= 4 is 29.2 Å². The fourth-order valence-electron chi connectivity index (χ4n) is 4.38. The third kappa shape index (κ3) is 5.35. The third-order valence-corrected chi connectivity index (χ3v) is 7.35. The Labute approximate surface area is 194 Å². The van der Waals surface area contributed by atoms with Crippen LogP contribution in [-0.4, -0.2) is 47.6 Å². The summed E-state index contributed by atoms with van der Waals surface area (Å²) in [5.74, 6) is 2.33. The van der Waals surface area contributed by atoms with Gasteiger partial charge < -0.3 is 14.8 Å². The van der Waals surface area contributed by atoms with Gasteiger partial charge in [0.05, 0.1) is 25.3 Å². The molecule has 3 heterocycles. The highest BCUT2D eigenvalue weighted by atomic mass is 32.2. The fraction of sp³-hybridized carbons (Fsp3) is 0.542. The first kappa shape index (κ1) is 22.9. The van der Waals surface area contributed by atoms with Crippen LogP contribution >= 0.6 is 11.8 Å². The van der Waals surface area contributed by atoms with E-state index < -0.39 is 0 Å². The van der Waals surface area contributed by atoms with Crippen LogP contribution in [0.15, 0.2) is 34.4 Å². The van der Waals surface area contributed by atoms with E-state index in [1.165, 1.54) is 18.4 Å². The fourth-order valence-corrected chi connectivity index (χ4v) is 5.29. The van der Waals surface area contributed by atoms with Crippen LogP contribution in [0.25, 0.3) is 0 Å². The standard InChI is InChI=1S/C24H32N4O3S/c1-4-31-24(29)16(2)5-6-17-7-11-28(12-8-17)15-18-13-19-21(14-20(18)30-3)32-23-22(27-19)25-9-10-26-23/h9-10,13-14,16-17H,4-8,11-12,15H2,1-3H3,(H,25,27). The van der Waals surface area contributed by atoms with Gasteiger partial charge >= 0.3 is 5.97 Å². The summed E-state index contributed by atoms with van der Waals surface area (Å²) < 4.78 is 10.9. The van der Waals surface area contributed by atoms with E-state index >= 15 is 0 Å². The summed E-state index contributed by atoms with van der Waals surface area (Å²) >= 11 is 1.62. The molecule has 2 aliphatic rings. The van der Waals surface area contributed by atoms with Crippen LogP contribution in [0.1, 0.15) is 45.1 Å². The van der Waals surface area contributed by atoms with E-state index in [4.69, 9.17) is 9.47 Å². The number of piperidine rings is 1. The molecule has 172 valence electrons. The molecule has 1 saturated heterocycles. The molecule has 0 radical (unpaired) electrons. The third-order valence-electron chi connectivity index (χ3n) is 6.30. The van der Waals surface area contributed by atoms with Gasteiger partial charge in [0.2, 0.25) is 0 Å². The van der Waals surface area contributed by atoms with Crippen molar-refractivity contribution in [2.24, 2.45) is 11.8 Å². The van der Waals surface area contributed by atoms with Crippen molar-refractivity contribution in [1.29, 1.82) is 0 Å². The van der Waals surface area contributed by atoms with Crippen LogP contribution in [0, 0.1) is 11.8 Å². The van der Waals surface area contributed by atoms with Crippen molar-refractivity contribution in [3.63, 3.8) is 0 Å². The molecule has 8 heteroatoms. The van der Waals surface area contributed by atoms with Gasteiger partial charge in [0.1, 0.15) is 10.8 Å². The SMILES string of the molecule is CCOC(=O)C(C)CCC1CCN(Cc2cc3c(cc2OC)Sc2nccnc2N3)CC1. The average molecular weight is 457 g/mol. The number of hydrogen-bond donors (Lipinski definition) is 1. The number of likely N-dealkylation sites (tertiary alicyclic amines) is 1. The van der Waals surface area contributed by atoms with Crippen molar-refractivity contribution in [2.75, 3.05) is 32.1 Å². The number of fused-ring (bicyclic) bond motifs is 2. The van der Waals surface area contributed by atoms with Crippen LogP contribution in [0.4, 0.5) is 11.5 Å². The van der Waals surface area contributed by atoms with E-state index in [0.717, 1.165) is 59.7 Å². The molecule has 1 unspecified atom stereocenters. The molecule has 32 heavy (non-hydrogen) atoms. The molecular formula is C24H32N4O3S. The van der Waals surface area contributed by atoms with Gasteiger partial charge in [-0.25, -0.2) is 9.97 Å². The largest absolute Gasteiger partial charge is 0.496 e. The monoisotopic (exact) mass is 456 g/mol. The predicted molar refractivity (Wildman–Crippen MR) is 125 cm³/mol. The number of ether oxygens (including phenoxy) is 2. The quantitative estimate of drug-likeness (QED) is 0.481. The van der Waals surface area contributed by atoms with Gasteiger partial charge in [-0.15, -0.1) is 0 Å². The molecule has 1 N–H and O–H groups in total. The second kappa shape index (κ2) is 10.5. The first-order valence-electron chi connectivity index (χ1n) is 11.4.